The fraction of sp³-hybridized carbons (Fsp3) is 0.429. The molecule has 4 rings (SSSR count). The van der Waals surface area contributed by atoms with Crippen LogP contribution in [0.15, 0.2) is 36.4 Å². The number of fused-ring (bicyclic) bond motifs is 1. The van der Waals surface area contributed by atoms with Gasteiger partial charge in [-0.15, -0.1) is 15.3 Å². The van der Waals surface area contributed by atoms with Gasteiger partial charge in [0.05, 0.1) is 13.7 Å². The summed E-state index contributed by atoms with van der Waals surface area (Å²) in [5.41, 5.74) is 1.51. The summed E-state index contributed by atoms with van der Waals surface area (Å²) in [6.45, 7) is 2.38. The normalized spacial score (nSPS) is 14.3. The van der Waals surface area contributed by atoms with E-state index in [0.29, 0.717) is 18.1 Å². The number of anilines is 1. The number of carbonyl (C=O) groups excluding carboxylic acids is 1. The molecule has 2 aromatic heterocycles. The largest absolute Gasteiger partial charge is 0.497 e. The summed E-state index contributed by atoms with van der Waals surface area (Å²) < 4.78 is 12.2. The molecular weight excluding hydrogens is 370 g/mol. The van der Waals surface area contributed by atoms with E-state index in [1.165, 1.54) is 0 Å². The van der Waals surface area contributed by atoms with Crippen LogP contribution in [0.25, 0.3) is 17.0 Å². The van der Waals surface area contributed by atoms with Crippen molar-refractivity contribution in [3.8, 4) is 17.1 Å². The van der Waals surface area contributed by atoms with Crippen LogP contribution in [0.1, 0.15) is 32.6 Å². The SMILES string of the molecule is CCOC(=O)CN(c1ccc2nnc(-c3cccc(OC)c3)n2n1)C1CCCC1. The van der Waals surface area contributed by atoms with E-state index in [2.05, 4.69) is 15.1 Å². The molecule has 0 spiro atoms. The quantitative estimate of drug-likeness (QED) is 0.569. The maximum absolute atomic E-state index is 12.2. The summed E-state index contributed by atoms with van der Waals surface area (Å²) in [6.07, 6.45) is 4.41. The summed E-state index contributed by atoms with van der Waals surface area (Å²) in [5, 5.41) is 13.3. The van der Waals surface area contributed by atoms with Crippen LogP contribution in [0.3, 0.4) is 0 Å². The van der Waals surface area contributed by atoms with Crippen LogP contribution in [0.5, 0.6) is 5.75 Å². The molecule has 2 heterocycles. The van der Waals surface area contributed by atoms with E-state index in [9.17, 15) is 4.79 Å². The Morgan fingerprint density at radius 3 is 2.79 bits per heavy atom. The lowest BCUT2D eigenvalue weighted by Gasteiger charge is -2.28. The van der Waals surface area contributed by atoms with E-state index in [0.717, 1.165) is 42.8 Å². The van der Waals surface area contributed by atoms with Crippen LogP contribution in [0.2, 0.25) is 0 Å². The smallest absolute Gasteiger partial charge is 0.325 e. The predicted octanol–water partition coefficient (Wildman–Crippen LogP) is 3.11. The van der Waals surface area contributed by atoms with E-state index < -0.39 is 0 Å². The molecule has 0 amide bonds. The van der Waals surface area contributed by atoms with Gasteiger partial charge in [0.25, 0.3) is 0 Å². The topological polar surface area (TPSA) is 81.8 Å². The van der Waals surface area contributed by atoms with Gasteiger partial charge in [-0.05, 0) is 44.0 Å². The number of nitrogens with zero attached hydrogens (tertiary/aromatic N) is 5. The number of aromatic nitrogens is 4. The van der Waals surface area contributed by atoms with Crippen LogP contribution in [0, 0.1) is 0 Å². The number of hydrogen-bond acceptors (Lipinski definition) is 7. The third-order valence-corrected chi connectivity index (χ3v) is 5.24. The van der Waals surface area contributed by atoms with Crippen molar-refractivity contribution in [2.75, 3.05) is 25.2 Å². The molecule has 0 unspecified atom stereocenters. The second-order valence-electron chi connectivity index (χ2n) is 7.09. The summed E-state index contributed by atoms with van der Waals surface area (Å²) in [7, 11) is 1.63. The molecule has 0 saturated heterocycles. The maximum Gasteiger partial charge on any atom is 0.325 e. The summed E-state index contributed by atoms with van der Waals surface area (Å²) >= 11 is 0. The average Bonchev–Trinajstić information content (AvgIpc) is 3.42. The van der Waals surface area contributed by atoms with Gasteiger partial charge < -0.3 is 14.4 Å². The number of methoxy groups -OCH3 is 1. The molecule has 1 aromatic carbocycles. The summed E-state index contributed by atoms with van der Waals surface area (Å²) in [5.74, 6) is 1.85. The van der Waals surface area contributed by atoms with E-state index in [-0.39, 0.29) is 18.6 Å². The Labute approximate surface area is 169 Å². The van der Waals surface area contributed by atoms with Gasteiger partial charge in [-0.3, -0.25) is 4.79 Å². The lowest BCUT2D eigenvalue weighted by atomic mass is 10.2. The first-order chi connectivity index (χ1) is 14.2. The van der Waals surface area contributed by atoms with Crippen molar-refractivity contribution in [3.05, 3.63) is 36.4 Å². The molecule has 152 valence electrons. The van der Waals surface area contributed by atoms with Gasteiger partial charge in [-0.2, -0.15) is 4.52 Å². The highest BCUT2D eigenvalue weighted by atomic mass is 16.5. The number of esters is 1. The van der Waals surface area contributed by atoms with Crippen LogP contribution in [-0.4, -0.2) is 52.1 Å². The van der Waals surface area contributed by atoms with E-state index in [1.54, 1.807) is 11.6 Å². The van der Waals surface area contributed by atoms with Crippen LogP contribution in [-0.2, 0) is 9.53 Å². The molecule has 1 aliphatic carbocycles. The minimum absolute atomic E-state index is 0.188. The number of carbonyl (C=O) groups is 1. The van der Waals surface area contributed by atoms with E-state index in [4.69, 9.17) is 14.6 Å². The zero-order valence-electron chi connectivity index (χ0n) is 16.7. The molecular formula is C21H25N5O3. The molecule has 1 fully saturated rings. The lowest BCUT2D eigenvalue weighted by molar-refractivity contribution is -0.141. The molecule has 29 heavy (non-hydrogen) atoms. The minimum atomic E-state index is -0.238. The Morgan fingerprint density at radius 1 is 1.21 bits per heavy atom. The third-order valence-electron chi connectivity index (χ3n) is 5.24. The fourth-order valence-corrected chi connectivity index (χ4v) is 3.83. The number of rotatable bonds is 7. The molecule has 8 heteroatoms. The van der Waals surface area contributed by atoms with Crippen LogP contribution in [0.4, 0.5) is 5.82 Å². The number of benzene rings is 1. The Kier molecular flexibility index (Phi) is 5.59. The Balaban J connectivity index is 1.72. The highest BCUT2D eigenvalue weighted by Gasteiger charge is 2.27. The van der Waals surface area contributed by atoms with Gasteiger partial charge in [0.1, 0.15) is 12.3 Å². The van der Waals surface area contributed by atoms with Crippen molar-refractivity contribution in [3.63, 3.8) is 0 Å². The second-order valence-corrected chi connectivity index (χ2v) is 7.09. The Bertz CT molecular complexity index is 997. The maximum atomic E-state index is 12.2. The fourth-order valence-electron chi connectivity index (χ4n) is 3.83. The number of ether oxygens (including phenoxy) is 2. The Hall–Kier alpha value is -3.16. The van der Waals surface area contributed by atoms with Crippen molar-refractivity contribution < 1.29 is 14.3 Å². The van der Waals surface area contributed by atoms with Crippen molar-refractivity contribution >= 4 is 17.4 Å². The van der Waals surface area contributed by atoms with Gasteiger partial charge in [0.15, 0.2) is 17.3 Å². The highest BCUT2D eigenvalue weighted by molar-refractivity contribution is 5.75. The Morgan fingerprint density at radius 2 is 2.03 bits per heavy atom. The summed E-state index contributed by atoms with van der Waals surface area (Å²) in [6, 6.07) is 11.7. The molecule has 8 nitrogen and oxygen atoms in total. The van der Waals surface area contributed by atoms with Gasteiger partial charge in [0.2, 0.25) is 0 Å². The number of hydrogen-bond donors (Lipinski definition) is 0. The lowest BCUT2D eigenvalue weighted by Crippen LogP contribution is -2.39. The van der Waals surface area contributed by atoms with Gasteiger partial charge in [0, 0.05) is 11.6 Å². The molecule has 1 aliphatic rings. The summed E-state index contributed by atoms with van der Waals surface area (Å²) in [4.78, 5) is 14.3. The molecule has 3 aromatic rings. The van der Waals surface area contributed by atoms with Crippen molar-refractivity contribution in [1.29, 1.82) is 0 Å². The molecule has 0 aliphatic heterocycles. The van der Waals surface area contributed by atoms with Gasteiger partial charge in [-0.1, -0.05) is 25.0 Å². The third kappa shape index (κ3) is 4.01. The highest BCUT2D eigenvalue weighted by Crippen LogP contribution is 2.28. The zero-order valence-corrected chi connectivity index (χ0v) is 16.7. The van der Waals surface area contributed by atoms with Gasteiger partial charge >= 0.3 is 5.97 Å². The average molecular weight is 395 g/mol. The molecule has 0 N–H and O–H groups in total. The van der Waals surface area contributed by atoms with Crippen molar-refractivity contribution in [2.45, 2.75) is 38.6 Å². The van der Waals surface area contributed by atoms with E-state index in [1.807, 2.05) is 43.3 Å². The van der Waals surface area contributed by atoms with Crippen molar-refractivity contribution in [2.24, 2.45) is 0 Å². The molecule has 1 saturated carbocycles. The van der Waals surface area contributed by atoms with Crippen molar-refractivity contribution in [1.82, 2.24) is 19.8 Å². The second kappa shape index (κ2) is 8.46. The first-order valence-corrected chi connectivity index (χ1v) is 9.98. The minimum Gasteiger partial charge on any atom is -0.497 e. The first-order valence-electron chi connectivity index (χ1n) is 9.98. The monoisotopic (exact) mass is 395 g/mol. The van der Waals surface area contributed by atoms with Crippen LogP contribution < -0.4 is 9.64 Å². The zero-order chi connectivity index (χ0) is 20.2. The van der Waals surface area contributed by atoms with E-state index >= 15 is 0 Å². The van der Waals surface area contributed by atoms with Crippen LogP contribution >= 0.6 is 0 Å². The standard InChI is InChI=1S/C21H25N5O3/c1-3-29-20(27)14-25(16-8-4-5-9-16)19-12-11-18-22-23-21(26(18)24-19)15-7-6-10-17(13-15)28-2/h6-7,10-13,16H,3-5,8-9,14H2,1-2H3. The first kappa shape index (κ1) is 19.2. The molecule has 0 atom stereocenters. The molecule has 0 radical (unpaired) electrons. The predicted molar refractivity (Wildman–Crippen MR) is 109 cm³/mol. The molecule has 0 bridgehead atoms. The van der Waals surface area contributed by atoms with Gasteiger partial charge in [-0.25, -0.2) is 0 Å².